The fourth-order valence-corrected chi connectivity index (χ4v) is 10.1. The first-order valence-corrected chi connectivity index (χ1v) is 13.8. The summed E-state index contributed by atoms with van der Waals surface area (Å²) in [5, 5.41) is 0. The third-order valence-electron chi connectivity index (χ3n) is 11.5. The van der Waals surface area contributed by atoms with Crippen molar-refractivity contribution in [2.75, 3.05) is 6.61 Å². The zero-order chi connectivity index (χ0) is 23.1. The number of carbonyl (C=O) groups is 1. The molecule has 4 nitrogen and oxygen atoms in total. The summed E-state index contributed by atoms with van der Waals surface area (Å²) in [6, 6.07) is 0. The number of ether oxygens (including phenoxy) is 3. The summed E-state index contributed by atoms with van der Waals surface area (Å²) >= 11 is 0. The van der Waals surface area contributed by atoms with E-state index in [0.717, 1.165) is 43.6 Å². The number of hydrogen-bond donors (Lipinski definition) is 0. The Morgan fingerprint density at radius 3 is 2.70 bits per heavy atom. The van der Waals surface area contributed by atoms with Crippen molar-refractivity contribution in [3.8, 4) is 0 Å². The first kappa shape index (κ1) is 22.6. The largest absolute Gasteiger partial charge is 0.462 e. The van der Waals surface area contributed by atoms with Crippen molar-refractivity contribution in [1.29, 1.82) is 0 Å². The van der Waals surface area contributed by atoms with E-state index >= 15 is 0 Å². The summed E-state index contributed by atoms with van der Waals surface area (Å²) in [6.07, 6.45) is 13.1. The van der Waals surface area contributed by atoms with Gasteiger partial charge in [0.2, 0.25) is 0 Å². The fraction of sp³-hybridized carbons (Fsp3) is 0.897. The van der Waals surface area contributed by atoms with Crippen LogP contribution in [-0.4, -0.2) is 37.0 Å². The van der Waals surface area contributed by atoms with Gasteiger partial charge in [-0.2, -0.15) is 0 Å². The van der Waals surface area contributed by atoms with Crippen LogP contribution < -0.4 is 0 Å². The number of esters is 1. The molecule has 0 aromatic rings. The number of fused-ring (bicyclic) bond motifs is 8. The summed E-state index contributed by atoms with van der Waals surface area (Å²) in [5.74, 6) is 4.00. The second-order valence-corrected chi connectivity index (χ2v) is 13.3. The van der Waals surface area contributed by atoms with E-state index in [1.54, 1.807) is 12.5 Å². The second-order valence-electron chi connectivity index (χ2n) is 13.3. The molecule has 4 aliphatic carbocycles. The van der Waals surface area contributed by atoms with Crippen LogP contribution in [0.2, 0.25) is 0 Å². The van der Waals surface area contributed by atoms with Crippen LogP contribution in [0.25, 0.3) is 0 Å². The Morgan fingerprint density at radius 2 is 1.91 bits per heavy atom. The lowest BCUT2D eigenvalue weighted by atomic mass is 9.46. The molecule has 33 heavy (non-hydrogen) atoms. The minimum absolute atomic E-state index is 0.0848. The molecule has 6 rings (SSSR count). The molecule has 12 atom stereocenters. The second kappa shape index (κ2) is 7.82. The van der Waals surface area contributed by atoms with Gasteiger partial charge in [-0.25, -0.2) is 0 Å². The van der Waals surface area contributed by atoms with Gasteiger partial charge in [0.05, 0.1) is 18.3 Å². The number of rotatable bonds is 1. The Kier molecular flexibility index (Phi) is 5.35. The highest BCUT2D eigenvalue weighted by Gasteiger charge is 2.65. The minimum atomic E-state index is -0.132. The maximum Gasteiger partial charge on any atom is 0.302 e. The van der Waals surface area contributed by atoms with Crippen molar-refractivity contribution in [3.63, 3.8) is 0 Å². The first-order chi connectivity index (χ1) is 15.7. The molecule has 0 bridgehead atoms. The van der Waals surface area contributed by atoms with Gasteiger partial charge in [0.1, 0.15) is 6.10 Å². The lowest BCUT2D eigenvalue weighted by Gasteiger charge is -2.59. The third-order valence-corrected chi connectivity index (χ3v) is 11.5. The Morgan fingerprint density at radius 1 is 1.09 bits per heavy atom. The maximum atomic E-state index is 11.5. The van der Waals surface area contributed by atoms with Crippen molar-refractivity contribution in [1.82, 2.24) is 0 Å². The molecule has 6 aliphatic rings. The van der Waals surface area contributed by atoms with E-state index in [-0.39, 0.29) is 17.5 Å². The van der Waals surface area contributed by atoms with Gasteiger partial charge in [0.25, 0.3) is 0 Å². The Bertz CT molecular complexity index is 835. The van der Waals surface area contributed by atoms with Crippen LogP contribution in [0.4, 0.5) is 0 Å². The third kappa shape index (κ3) is 3.33. The molecule has 0 radical (unpaired) electrons. The fourth-order valence-electron chi connectivity index (χ4n) is 10.1. The Labute approximate surface area is 200 Å². The van der Waals surface area contributed by atoms with Gasteiger partial charge >= 0.3 is 5.97 Å². The van der Waals surface area contributed by atoms with Gasteiger partial charge in [-0.05, 0) is 91.3 Å². The highest BCUT2D eigenvalue weighted by atomic mass is 16.6. The van der Waals surface area contributed by atoms with Crippen molar-refractivity contribution in [2.45, 2.75) is 110 Å². The molecule has 184 valence electrons. The number of hydrogen-bond acceptors (Lipinski definition) is 4. The van der Waals surface area contributed by atoms with E-state index in [4.69, 9.17) is 14.2 Å². The molecule has 0 amide bonds. The van der Waals surface area contributed by atoms with E-state index < -0.39 is 0 Å². The lowest BCUT2D eigenvalue weighted by Crippen LogP contribution is -2.56. The molecular formula is C29H44O4. The number of carbonyl (C=O) groups excluding carboxylic acids is 1. The van der Waals surface area contributed by atoms with Crippen LogP contribution in [0.5, 0.6) is 0 Å². The van der Waals surface area contributed by atoms with Crippen molar-refractivity contribution in [3.05, 3.63) is 11.6 Å². The summed E-state index contributed by atoms with van der Waals surface area (Å²) in [4.78, 5) is 11.5. The normalized spacial score (nSPS) is 55.2. The topological polar surface area (TPSA) is 44.8 Å². The highest BCUT2D eigenvalue weighted by molar-refractivity contribution is 5.66. The van der Waals surface area contributed by atoms with E-state index in [0.29, 0.717) is 41.5 Å². The standard InChI is InChI=1S/C29H44O4/c1-16-12-25-27(31-15-16)17(2)26-24(33-25)14-23-21-7-6-19-13-20(32-18(3)30)8-10-28(19,4)22(21)9-11-29(23,26)5/h6,16-17,20-27H,7-15H2,1-5H3/t16-,17+,20+,21-,22+,23+,24+,25-,26+,27+,28+,29+/m1/s1. The molecule has 0 aromatic heterocycles. The van der Waals surface area contributed by atoms with Crippen LogP contribution >= 0.6 is 0 Å². The Hall–Kier alpha value is -0.870. The predicted octanol–water partition coefficient (Wildman–Crippen LogP) is 5.94. The quantitative estimate of drug-likeness (QED) is 0.362. The molecule has 0 aromatic carbocycles. The Balaban J connectivity index is 1.26. The molecule has 3 saturated carbocycles. The average Bonchev–Trinajstić information content (AvgIpc) is 3.06. The monoisotopic (exact) mass is 456 g/mol. The van der Waals surface area contributed by atoms with Crippen LogP contribution in [0, 0.1) is 46.3 Å². The molecule has 0 spiro atoms. The first-order valence-electron chi connectivity index (χ1n) is 13.8. The van der Waals surface area contributed by atoms with E-state index in [1.165, 1.54) is 32.1 Å². The van der Waals surface area contributed by atoms with Gasteiger partial charge in [-0.15, -0.1) is 0 Å². The molecule has 0 unspecified atom stereocenters. The van der Waals surface area contributed by atoms with Gasteiger partial charge in [0, 0.05) is 20.0 Å². The van der Waals surface area contributed by atoms with Crippen molar-refractivity contribution >= 4 is 5.97 Å². The summed E-state index contributed by atoms with van der Waals surface area (Å²) < 4.78 is 18.9. The van der Waals surface area contributed by atoms with E-state index in [9.17, 15) is 4.79 Å². The summed E-state index contributed by atoms with van der Waals surface area (Å²) in [5.41, 5.74) is 2.24. The lowest BCUT2D eigenvalue weighted by molar-refractivity contribution is -0.225. The van der Waals surface area contributed by atoms with Gasteiger partial charge in [0.15, 0.2) is 0 Å². The highest BCUT2D eigenvalue weighted by Crippen LogP contribution is 2.68. The van der Waals surface area contributed by atoms with E-state index in [1.807, 2.05) is 0 Å². The summed E-state index contributed by atoms with van der Waals surface area (Å²) in [7, 11) is 0. The molecular weight excluding hydrogens is 412 g/mol. The van der Waals surface area contributed by atoms with Gasteiger partial charge < -0.3 is 14.2 Å². The van der Waals surface area contributed by atoms with Crippen molar-refractivity contribution < 1.29 is 19.0 Å². The minimum Gasteiger partial charge on any atom is -0.462 e. The molecule has 5 fully saturated rings. The SMILES string of the molecule is CC(=O)O[C@H]1CC[C@@]2(C)C(=CC[C@H]3[C@@H]4C[C@@H]5O[C@@H]6C[C@@H](C)CO[C@H]6[C@@H](C)[C@@H]5[C@@]4(C)CC[C@@H]32)C1. The zero-order valence-corrected chi connectivity index (χ0v) is 21.3. The van der Waals surface area contributed by atoms with Crippen LogP contribution in [0.3, 0.4) is 0 Å². The average molecular weight is 457 g/mol. The molecule has 2 aliphatic heterocycles. The van der Waals surface area contributed by atoms with Gasteiger partial charge in [-0.1, -0.05) is 39.3 Å². The smallest absolute Gasteiger partial charge is 0.302 e. The molecule has 2 heterocycles. The maximum absolute atomic E-state index is 11.5. The molecule has 4 heteroatoms. The van der Waals surface area contributed by atoms with E-state index in [2.05, 4.69) is 33.8 Å². The van der Waals surface area contributed by atoms with Crippen molar-refractivity contribution in [2.24, 2.45) is 46.3 Å². The molecule has 2 saturated heterocycles. The van der Waals surface area contributed by atoms with Crippen LogP contribution in [-0.2, 0) is 19.0 Å². The van der Waals surface area contributed by atoms with Crippen LogP contribution in [0.15, 0.2) is 11.6 Å². The van der Waals surface area contributed by atoms with Crippen LogP contribution in [0.1, 0.15) is 86.0 Å². The molecule has 0 N–H and O–H groups in total. The number of allylic oxidation sites excluding steroid dienone is 1. The van der Waals surface area contributed by atoms with Gasteiger partial charge in [-0.3, -0.25) is 4.79 Å². The summed E-state index contributed by atoms with van der Waals surface area (Å²) in [6.45, 7) is 12.4. The zero-order valence-electron chi connectivity index (χ0n) is 21.3. The predicted molar refractivity (Wildman–Crippen MR) is 127 cm³/mol.